The van der Waals surface area contributed by atoms with E-state index in [0.29, 0.717) is 5.56 Å². The van der Waals surface area contributed by atoms with Gasteiger partial charge in [0, 0.05) is 5.56 Å². The van der Waals surface area contributed by atoms with Gasteiger partial charge in [0.05, 0.1) is 12.7 Å². The molecule has 0 N–H and O–H groups in total. The molecule has 1 aliphatic rings. The molecular weight excluding hydrogens is 216 g/mol. The number of carbonyl (C=O) groups is 1. The lowest BCUT2D eigenvalue weighted by Gasteiger charge is -2.24. The van der Waals surface area contributed by atoms with Gasteiger partial charge in [-0.2, -0.15) is 0 Å². The first kappa shape index (κ1) is 12.0. The van der Waals surface area contributed by atoms with Crippen LogP contribution in [0.4, 0.5) is 0 Å². The molecule has 0 amide bonds. The van der Waals surface area contributed by atoms with E-state index in [4.69, 9.17) is 9.47 Å². The van der Waals surface area contributed by atoms with E-state index >= 15 is 0 Å². The minimum atomic E-state index is -0.489. The molecular formula is C14H18O3. The predicted octanol–water partition coefficient (Wildman–Crippen LogP) is 3.27. The maximum absolute atomic E-state index is 11.8. The summed E-state index contributed by atoms with van der Waals surface area (Å²) in [5.41, 5.74) is 1.14. The number of benzene rings is 1. The van der Waals surface area contributed by atoms with E-state index in [-0.39, 0.29) is 5.97 Å². The van der Waals surface area contributed by atoms with Crippen molar-refractivity contribution in [3.05, 3.63) is 29.3 Å². The van der Waals surface area contributed by atoms with Gasteiger partial charge in [0.15, 0.2) is 0 Å². The first-order valence-electron chi connectivity index (χ1n) is 6.02. The van der Waals surface area contributed by atoms with Crippen LogP contribution in [0.3, 0.4) is 0 Å². The first-order chi connectivity index (χ1) is 8.10. The highest BCUT2D eigenvalue weighted by Gasteiger charge is 2.41. The largest absolute Gasteiger partial charge is 0.497 e. The van der Waals surface area contributed by atoms with Gasteiger partial charge in [-0.15, -0.1) is 0 Å². The third kappa shape index (κ3) is 2.02. The number of cyclic esters (lactones) is 1. The van der Waals surface area contributed by atoms with Crippen LogP contribution >= 0.6 is 0 Å². The Bertz CT molecular complexity index is 439. The summed E-state index contributed by atoms with van der Waals surface area (Å²) in [6, 6.07) is 5.50. The van der Waals surface area contributed by atoms with Gasteiger partial charge in [0.1, 0.15) is 11.4 Å². The molecule has 17 heavy (non-hydrogen) atoms. The minimum absolute atomic E-state index is 0.221. The molecule has 0 bridgehead atoms. The van der Waals surface area contributed by atoms with Crippen molar-refractivity contribution in [2.45, 2.75) is 38.7 Å². The van der Waals surface area contributed by atoms with Gasteiger partial charge in [-0.1, -0.05) is 13.3 Å². The van der Waals surface area contributed by atoms with E-state index in [1.807, 2.05) is 13.0 Å². The third-order valence-corrected chi connectivity index (χ3v) is 3.34. The number of fused-ring (bicyclic) bond motifs is 1. The molecule has 92 valence electrons. The maximum Gasteiger partial charge on any atom is 0.339 e. The van der Waals surface area contributed by atoms with E-state index in [2.05, 4.69) is 6.92 Å². The highest BCUT2D eigenvalue weighted by Crippen LogP contribution is 2.41. The normalized spacial score (nSPS) is 22.2. The molecule has 1 aromatic rings. The van der Waals surface area contributed by atoms with E-state index < -0.39 is 5.60 Å². The van der Waals surface area contributed by atoms with Crippen molar-refractivity contribution in [2.24, 2.45) is 0 Å². The number of ether oxygens (including phenoxy) is 2. The van der Waals surface area contributed by atoms with Crippen molar-refractivity contribution in [3.63, 3.8) is 0 Å². The van der Waals surface area contributed by atoms with Crippen LogP contribution in [-0.2, 0) is 10.3 Å². The molecule has 1 unspecified atom stereocenters. The van der Waals surface area contributed by atoms with Gasteiger partial charge < -0.3 is 9.47 Å². The SMILES string of the molecule is CCCCC1(C)OC(=O)c2ccc(OC)cc21. The van der Waals surface area contributed by atoms with Crippen LogP contribution < -0.4 is 4.74 Å². The molecule has 0 saturated heterocycles. The van der Waals surface area contributed by atoms with Crippen molar-refractivity contribution >= 4 is 5.97 Å². The Labute approximate surface area is 102 Å². The van der Waals surface area contributed by atoms with Gasteiger partial charge in [-0.3, -0.25) is 0 Å². The van der Waals surface area contributed by atoms with Crippen LogP contribution in [0.2, 0.25) is 0 Å². The van der Waals surface area contributed by atoms with Crippen molar-refractivity contribution in [3.8, 4) is 5.75 Å². The molecule has 1 heterocycles. The molecule has 1 aromatic carbocycles. The van der Waals surface area contributed by atoms with Gasteiger partial charge in [-0.05, 0) is 38.0 Å². The third-order valence-electron chi connectivity index (χ3n) is 3.34. The minimum Gasteiger partial charge on any atom is -0.497 e. The average Bonchev–Trinajstić information content (AvgIpc) is 2.59. The van der Waals surface area contributed by atoms with Gasteiger partial charge in [-0.25, -0.2) is 4.79 Å². The second kappa shape index (κ2) is 4.40. The van der Waals surface area contributed by atoms with Crippen LogP contribution in [0.5, 0.6) is 5.75 Å². The number of hydrogen-bond donors (Lipinski definition) is 0. The lowest BCUT2D eigenvalue weighted by Crippen LogP contribution is -2.21. The maximum atomic E-state index is 11.8. The number of esters is 1. The summed E-state index contributed by atoms with van der Waals surface area (Å²) in [7, 11) is 1.63. The topological polar surface area (TPSA) is 35.5 Å². The van der Waals surface area contributed by atoms with Gasteiger partial charge in [0.2, 0.25) is 0 Å². The summed E-state index contributed by atoms with van der Waals surface area (Å²) in [5, 5.41) is 0. The number of methoxy groups -OCH3 is 1. The Hall–Kier alpha value is -1.51. The predicted molar refractivity (Wildman–Crippen MR) is 65.3 cm³/mol. The second-order valence-corrected chi connectivity index (χ2v) is 4.64. The molecule has 0 aliphatic carbocycles. The molecule has 1 aliphatic heterocycles. The fraction of sp³-hybridized carbons (Fsp3) is 0.500. The summed E-state index contributed by atoms with van der Waals surface area (Å²) < 4.78 is 10.7. The second-order valence-electron chi connectivity index (χ2n) is 4.64. The van der Waals surface area contributed by atoms with E-state index in [0.717, 1.165) is 30.6 Å². The van der Waals surface area contributed by atoms with Gasteiger partial charge >= 0.3 is 5.97 Å². The first-order valence-corrected chi connectivity index (χ1v) is 6.02. The van der Waals surface area contributed by atoms with Gasteiger partial charge in [0.25, 0.3) is 0 Å². The fourth-order valence-corrected chi connectivity index (χ4v) is 2.28. The Morgan fingerprint density at radius 1 is 1.41 bits per heavy atom. The van der Waals surface area contributed by atoms with Crippen molar-refractivity contribution < 1.29 is 14.3 Å². The lowest BCUT2D eigenvalue weighted by molar-refractivity contribution is -0.00404. The Kier molecular flexibility index (Phi) is 3.09. The summed E-state index contributed by atoms with van der Waals surface area (Å²) in [6.07, 6.45) is 2.99. The fourth-order valence-electron chi connectivity index (χ4n) is 2.28. The highest BCUT2D eigenvalue weighted by molar-refractivity contribution is 5.94. The van der Waals surface area contributed by atoms with Crippen molar-refractivity contribution in [2.75, 3.05) is 7.11 Å². The summed E-state index contributed by atoms with van der Waals surface area (Å²) >= 11 is 0. The van der Waals surface area contributed by atoms with E-state index in [1.165, 1.54) is 0 Å². The summed E-state index contributed by atoms with van der Waals surface area (Å²) in [6.45, 7) is 4.11. The molecule has 3 heteroatoms. The molecule has 0 radical (unpaired) electrons. The zero-order valence-electron chi connectivity index (χ0n) is 10.6. The van der Waals surface area contributed by atoms with Crippen LogP contribution in [0.15, 0.2) is 18.2 Å². The van der Waals surface area contributed by atoms with E-state index in [1.54, 1.807) is 19.2 Å². The summed E-state index contributed by atoms with van der Waals surface area (Å²) in [5.74, 6) is 0.547. The molecule has 0 fully saturated rings. The molecule has 0 spiro atoms. The van der Waals surface area contributed by atoms with Crippen LogP contribution in [0.25, 0.3) is 0 Å². The summed E-state index contributed by atoms with van der Waals surface area (Å²) in [4.78, 5) is 11.8. The number of unbranched alkanes of at least 4 members (excludes halogenated alkanes) is 1. The molecule has 0 aromatic heterocycles. The molecule has 2 rings (SSSR count). The molecule has 1 atom stereocenters. The monoisotopic (exact) mass is 234 g/mol. The Morgan fingerprint density at radius 3 is 2.82 bits per heavy atom. The van der Waals surface area contributed by atoms with Crippen LogP contribution in [0, 0.1) is 0 Å². The van der Waals surface area contributed by atoms with Crippen LogP contribution in [-0.4, -0.2) is 13.1 Å². The van der Waals surface area contributed by atoms with Crippen molar-refractivity contribution in [1.82, 2.24) is 0 Å². The quantitative estimate of drug-likeness (QED) is 0.750. The lowest BCUT2D eigenvalue weighted by atomic mass is 9.89. The smallest absolute Gasteiger partial charge is 0.339 e. The number of rotatable bonds is 4. The zero-order chi connectivity index (χ0) is 12.5. The standard InChI is InChI=1S/C14H18O3/c1-4-5-8-14(2)12-9-10(16-3)6-7-11(12)13(15)17-14/h6-7,9H,4-5,8H2,1-3H3. The Balaban J connectivity index is 2.40. The Morgan fingerprint density at radius 2 is 2.18 bits per heavy atom. The zero-order valence-corrected chi connectivity index (χ0v) is 10.6. The van der Waals surface area contributed by atoms with Crippen LogP contribution in [0.1, 0.15) is 49.0 Å². The van der Waals surface area contributed by atoms with Crippen molar-refractivity contribution in [1.29, 1.82) is 0 Å². The van der Waals surface area contributed by atoms with E-state index in [9.17, 15) is 4.79 Å². The molecule has 0 saturated carbocycles. The molecule has 3 nitrogen and oxygen atoms in total. The average molecular weight is 234 g/mol. The number of hydrogen-bond acceptors (Lipinski definition) is 3. The number of carbonyl (C=O) groups excluding carboxylic acids is 1. The highest BCUT2D eigenvalue weighted by atomic mass is 16.6.